The first-order chi connectivity index (χ1) is 25.1. The molecule has 52 heavy (non-hydrogen) atoms. The Bertz CT molecular complexity index is 2330. The van der Waals surface area contributed by atoms with Gasteiger partial charge in [-0.1, -0.05) is 121 Å². The van der Waals surface area contributed by atoms with Crippen molar-refractivity contribution in [3.8, 4) is 33.4 Å². The van der Waals surface area contributed by atoms with E-state index in [2.05, 4.69) is 222 Å². The zero-order valence-electron chi connectivity index (χ0n) is 31.7. The predicted molar refractivity (Wildman–Crippen MR) is 216 cm³/mol. The first kappa shape index (κ1) is 34.8. The summed E-state index contributed by atoms with van der Waals surface area (Å²) in [4.78, 5) is 0. The van der Waals surface area contributed by atoms with Crippen molar-refractivity contribution in [2.75, 3.05) is 0 Å². The fraction of sp³-hybridized carbons (Fsp3) is 0.200. The van der Waals surface area contributed by atoms with Gasteiger partial charge >= 0.3 is 0 Å². The smallest absolute Gasteiger partial charge is 0.192 e. The van der Waals surface area contributed by atoms with Crippen molar-refractivity contribution in [2.45, 2.75) is 51.9 Å². The first-order valence-electron chi connectivity index (χ1n) is 18.4. The van der Waals surface area contributed by atoms with E-state index in [4.69, 9.17) is 0 Å². The van der Waals surface area contributed by atoms with Crippen LogP contribution in [0.5, 0.6) is 0 Å². The molecule has 0 bridgehead atoms. The molecule has 0 fully saturated rings. The lowest BCUT2D eigenvalue weighted by Crippen LogP contribution is -2.49. The van der Waals surface area contributed by atoms with Gasteiger partial charge in [-0.15, -0.1) is 0 Å². The number of aryl methyl sites for hydroxylation is 3. The van der Waals surface area contributed by atoms with Crippen molar-refractivity contribution >= 4 is 0 Å². The van der Waals surface area contributed by atoms with E-state index in [1.807, 2.05) is 0 Å². The number of aromatic nitrogens is 2. The maximum atomic E-state index is 2.44. The Morgan fingerprint density at radius 1 is 0.442 bits per heavy atom. The van der Waals surface area contributed by atoms with E-state index in [1.54, 1.807) is 0 Å². The van der Waals surface area contributed by atoms with Crippen LogP contribution in [0.2, 0.25) is 0 Å². The summed E-state index contributed by atoms with van der Waals surface area (Å²) < 4.78 is 4.74. The van der Waals surface area contributed by atoms with Gasteiger partial charge in [0.05, 0.1) is 17.3 Å². The number of pyridine rings is 2. The second kappa shape index (κ2) is 14.2. The third-order valence-corrected chi connectivity index (χ3v) is 11.3. The second-order valence-corrected chi connectivity index (χ2v) is 15.2. The molecule has 5 aromatic carbocycles. The Morgan fingerprint density at radius 2 is 0.942 bits per heavy atom. The average Bonchev–Trinajstić information content (AvgIpc) is 3.16. The number of hydrogen-bond acceptors (Lipinski definition) is 0. The molecule has 2 heteroatoms. The van der Waals surface area contributed by atoms with Gasteiger partial charge < -0.3 is 0 Å². The van der Waals surface area contributed by atoms with E-state index >= 15 is 0 Å². The molecule has 258 valence electrons. The molecule has 0 amide bonds. The van der Waals surface area contributed by atoms with Gasteiger partial charge in [-0.3, -0.25) is 0 Å². The Kier molecular flexibility index (Phi) is 9.51. The van der Waals surface area contributed by atoms with Crippen molar-refractivity contribution in [1.29, 1.82) is 0 Å². The van der Waals surface area contributed by atoms with E-state index in [9.17, 15) is 0 Å². The van der Waals surface area contributed by atoms with E-state index < -0.39 is 0 Å². The van der Waals surface area contributed by atoms with E-state index in [-0.39, 0.29) is 10.8 Å². The molecule has 0 saturated carbocycles. The summed E-state index contributed by atoms with van der Waals surface area (Å²) in [6.45, 7) is 11.6. The lowest BCUT2D eigenvalue weighted by Gasteiger charge is -2.30. The summed E-state index contributed by atoms with van der Waals surface area (Å²) in [6.07, 6.45) is 3.02. The lowest BCUT2D eigenvalue weighted by atomic mass is 9.72. The van der Waals surface area contributed by atoms with Crippen LogP contribution in [-0.2, 0) is 31.3 Å². The minimum absolute atomic E-state index is 0.157. The van der Waals surface area contributed by atoms with Gasteiger partial charge in [0, 0.05) is 24.3 Å². The molecule has 7 aromatic rings. The summed E-state index contributed by atoms with van der Waals surface area (Å²) in [5.41, 5.74) is 16.1. The van der Waals surface area contributed by atoms with E-state index in [0.717, 1.165) is 6.42 Å². The standard InChI is InChI=1S/C50H50N2/c1-36-16-11-12-20-45(36)49(3,4)47-22-15-19-44(52(47)7)35-50(5,48-21-13-14-33-51(48)6)46-34-43(24-23-37(46)2)42-31-29-41(30-32-42)40-27-25-39(26-28-40)38-17-9-8-10-18-38/h8-34H,35H2,1-7H3/q+2. The van der Waals surface area contributed by atoms with Crippen LogP contribution < -0.4 is 9.13 Å². The van der Waals surface area contributed by atoms with Gasteiger partial charge in [0.25, 0.3) is 0 Å². The number of hydrogen-bond donors (Lipinski definition) is 0. The molecule has 7 rings (SSSR count). The van der Waals surface area contributed by atoms with Crippen LogP contribution in [0.4, 0.5) is 0 Å². The monoisotopic (exact) mass is 678 g/mol. The summed E-state index contributed by atoms with van der Waals surface area (Å²) in [5, 5.41) is 0. The third kappa shape index (κ3) is 6.62. The zero-order valence-corrected chi connectivity index (χ0v) is 31.7. The molecule has 2 aromatic heterocycles. The van der Waals surface area contributed by atoms with Crippen LogP contribution in [0, 0.1) is 13.8 Å². The minimum atomic E-state index is -0.306. The second-order valence-electron chi connectivity index (χ2n) is 15.2. The SMILES string of the molecule is Cc1ccccc1C(C)(C)c1cccc(CC(C)(c2cc(-c3ccc(-c4ccc(-c5ccccc5)cc4)cc3)ccc2C)c2cccc[n+]2C)[n+]1C. The van der Waals surface area contributed by atoms with Gasteiger partial charge in [-0.05, 0) is 102 Å². The molecule has 0 spiro atoms. The Labute approximate surface area is 310 Å². The molecule has 0 aliphatic rings. The molecule has 2 nitrogen and oxygen atoms in total. The van der Waals surface area contributed by atoms with Crippen molar-refractivity contribution in [3.05, 3.63) is 203 Å². The first-order valence-corrected chi connectivity index (χ1v) is 18.4. The van der Waals surface area contributed by atoms with Crippen LogP contribution in [0.25, 0.3) is 33.4 Å². The normalized spacial score (nSPS) is 12.8. The van der Waals surface area contributed by atoms with Gasteiger partial charge in [0.2, 0.25) is 0 Å². The molecule has 0 saturated heterocycles. The minimum Gasteiger partial charge on any atom is -0.204 e. The molecule has 0 radical (unpaired) electrons. The molecule has 1 atom stereocenters. The van der Waals surface area contributed by atoms with Crippen LogP contribution in [-0.4, -0.2) is 0 Å². The highest BCUT2D eigenvalue weighted by Crippen LogP contribution is 2.39. The summed E-state index contributed by atoms with van der Waals surface area (Å²) in [6, 6.07) is 57.7. The summed E-state index contributed by atoms with van der Waals surface area (Å²) in [5.74, 6) is 0. The van der Waals surface area contributed by atoms with Crippen molar-refractivity contribution in [2.24, 2.45) is 14.1 Å². The Hall–Kier alpha value is -5.60. The van der Waals surface area contributed by atoms with E-state index in [1.165, 1.54) is 72.7 Å². The van der Waals surface area contributed by atoms with Crippen molar-refractivity contribution in [3.63, 3.8) is 0 Å². The molecular formula is C50H50N2+2. The molecule has 0 N–H and O–H groups in total. The molecule has 2 heterocycles. The van der Waals surface area contributed by atoms with Gasteiger partial charge in [-0.25, -0.2) is 9.13 Å². The number of benzene rings is 5. The highest BCUT2D eigenvalue weighted by Gasteiger charge is 2.41. The average molecular weight is 679 g/mol. The third-order valence-electron chi connectivity index (χ3n) is 11.3. The fourth-order valence-electron chi connectivity index (χ4n) is 8.37. The maximum absolute atomic E-state index is 2.44. The predicted octanol–water partition coefficient (Wildman–Crippen LogP) is 10.8. The van der Waals surface area contributed by atoms with Crippen molar-refractivity contribution < 1.29 is 9.13 Å². The highest BCUT2D eigenvalue weighted by molar-refractivity contribution is 5.74. The quantitative estimate of drug-likeness (QED) is 0.134. The fourth-order valence-corrected chi connectivity index (χ4v) is 8.37. The molecule has 1 unspecified atom stereocenters. The van der Waals surface area contributed by atoms with Crippen LogP contribution in [0.3, 0.4) is 0 Å². The molecule has 0 aliphatic heterocycles. The zero-order chi connectivity index (χ0) is 36.5. The molecule has 0 aliphatic carbocycles. The highest BCUT2D eigenvalue weighted by atomic mass is 15.0. The van der Waals surface area contributed by atoms with Gasteiger partial charge in [0.15, 0.2) is 23.3 Å². The Morgan fingerprint density at radius 3 is 1.56 bits per heavy atom. The lowest BCUT2D eigenvalue weighted by molar-refractivity contribution is -0.692. The van der Waals surface area contributed by atoms with Crippen LogP contribution >= 0.6 is 0 Å². The number of rotatable bonds is 9. The van der Waals surface area contributed by atoms with Gasteiger partial charge in [-0.2, -0.15) is 0 Å². The van der Waals surface area contributed by atoms with E-state index in [0.29, 0.717) is 0 Å². The molecular weight excluding hydrogens is 629 g/mol. The summed E-state index contributed by atoms with van der Waals surface area (Å²) in [7, 11) is 4.42. The topological polar surface area (TPSA) is 7.76 Å². The van der Waals surface area contributed by atoms with Crippen LogP contribution in [0.15, 0.2) is 164 Å². The van der Waals surface area contributed by atoms with Crippen molar-refractivity contribution in [1.82, 2.24) is 0 Å². The Balaban J connectivity index is 1.26. The number of nitrogens with zero attached hydrogens (tertiary/aromatic N) is 2. The largest absolute Gasteiger partial charge is 0.204 e. The van der Waals surface area contributed by atoms with Gasteiger partial charge in [0.1, 0.15) is 14.1 Å². The summed E-state index contributed by atoms with van der Waals surface area (Å²) >= 11 is 0. The van der Waals surface area contributed by atoms with Crippen LogP contribution in [0.1, 0.15) is 60.1 Å². The maximum Gasteiger partial charge on any atom is 0.192 e.